The predicted molar refractivity (Wildman–Crippen MR) is 92.6 cm³/mol. The molecule has 4 nitrogen and oxygen atoms in total. The van der Waals surface area contributed by atoms with Gasteiger partial charge in [-0.2, -0.15) is 10.5 Å². The SMILES string of the molecule is N#Cc1c(N2CCCCC2)nc2c(c1C#N)CCc1ccccc1-2. The molecular formula is C20H18N4. The maximum absolute atomic E-state index is 9.73. The molecule has 1 aromatic heterocycles. The van der Waals surface area contributed by atoms with E-state index < -0.39 is 0 Å². The van der Waals surface area contributed by atoms with Gasteiger partial charge in [-0.25, -0.2) is 4.98 Å². The number of piperidine rings is 1. The zero-order chi connectivity index (χ0) is 16.5. The van der Waals surface area contributed by atoms with Gasteiger partial charge < -0.3 is 4.90 Å². The van der Waals surface area contributed by atoms with E-state index in [2.05, 4.69) is 29.2 Å². The van der Waals surface area contributed by atoms with Gasteiger partial charge in [-0.1, -0.05) is 24.3 Å². The van der Waals surface area contributed by atoms with Crippen LogP contribution in [-0.4, -0.2) is 18.1 Å². The molecule has 0 atom stereocenters. The molecule has 24 heavy (non-hydrogen) atoms. The molecule has 0 N–H and O–H groups in total. The van der Waals surface area contributed by atoms with Crippen LogP contribution >= 0.6 is 0 Å². The van der Waals surface area contributed by atoms with E-state index in [0.29, 0.717) is 16.9 Å². The van der Waals surface area contributed by atoms with Crippen molar-refractivity contribution < 1.29 is 0 Å². The summed E-state index contributed by atoms with van der Waals surface area (Å²) in [6, 6.07) is 12.8. The van der Waals surface area contributed by atoms with Crippen molar-refractivity contribution in [2.45, 2.75) is 32.1 Å². The third-order valence-electron chi connectivity index (χ3n) is 5.07. The Balaban J connectivity index is 1.97. The van der Waals surface area contributed by atoms with E-state index in [1.807, 2.05) is 12.1 Å². The summed E-state index contributed by atoms with van der Waals surface area (Å²) in [6.45, 7) is 1.82. The number of nitriles is 2. The van der Waals surface area contributed by atoms with Crippen LogP contribution in [0.5, 0.6) is 0 Å². The lowest BCUT2D eigenvalue weighted by Crippen LogP contribution is -2.31. The zero-order valence-electron chi connectivity index (χ0n) is 13.5. The fourth-order valence-corrected chi connectivity index (χ4v) is 3.87. The zero-order valence-corrected chi connectivity index (χ0v) is 13.5. The third kappa shape index (κ3) is 2.23. The molecule has 2 aliphatic rings. The van der Waals surface area contributed by atoms with Crippen LogP contribution in [0, 0.1) is 22.7 Å². The molecule has 0 radical (unpaired) electrons. The average molecular weight is 314 g/mol. The molecule has 0 amide bonds. The fourth-order valence-electron chi connectivity index (χ4n) is 3.87. The number of aryl methyl sites for hydroxylation is 1. The van der Waals surface area contributed by atoms with Gasteiger partial charge in [0.1, 0.15) is 23.5 Å². The highest BCUT2D eigenvalue weighted by molar-refractivity contribution is 5.77. The summed E-state index contributed by atoms with van der Waals surface area (Å²) in [4.78, 5) is 7.09. The first kappa shape index (κ1) is 14.7. The second-order valence-corrected chi connectivity index (χ2v) is 6.44. The van der Waals surface area contributed by atoms with Gasteiger partial charge in [-0.3, -0.25) is 0 Å². The lowest BCUT2D eigenvalue weighted by atomic mass is 9.85. The number of hydrogen-bond donors (Lipinski definition) is 0. The fraction of sp³-hybridized carbons (Fsp3) is 0.350. The highest BCUT2D eigenvalue weighted by atomic mass is 15.2. The Bertz CT molecular complexity index is 880. The van der Waals surface area contributed by atoms with Gasteiger partial charge >= 0.3 is 0 Å². The number of fused-ring (bicyclic) bond motifs is 3. The second kappa shape index (κ2) is 5.98. The van der Waals surface area contributed by atoms with Gasteiger partial charge in [0, 0.05) is 18.7 Å². The van der Waals surface area contributed by atoms with Crippen LogP contribution in [0.3, 0.4) is 0 Å². The normalized spacial score (nSPS) is 15.8. The number of benzene rings is 1. The Morgan fingerprint density at radius 2 is 1.67 bits per heavy atom. The summed E-state index contributed by atoms with van der Waals surface area (Å²) in [5, 5.41) is 19.4. The van der Waals surface area contributed by atoms with E-state index in [-0.39, 0.29) is 0 Å². The van der Waals surface area contributed by atoms with Crippen molar-refractivity contribution in [1.82, 2.24) is 4.98 Å². The van der Waals surface area contributed by atoms with Crippen molar-refractivity contribution >= 4 is 5.82 Å². The maximum Gasteiger partial charge on any atom is 0.148 e. The first-order valence-electron chi connectivity index (χ1n) is 8.53. The molecule has 0 bridgehead atoms. The molecule has 0 unspecified atom stereocenters. The van der Waals surface area contributed by atoms with Crippen molar-refractivity contribution in [3.8, 4) is 23.4 Å². The van der Waals surface area contributed by atoms with E-state index >= 15 is 0 Å². The first-order chi connectivity index (χ1) is 11.8. The summed E-state index contributed by atoms with van der Waals surface area (Å²) >= 11 is 0. The number of pyridine rings is 1. The Kier molecular flexibility index (Phi) is 3.67. The maximum atomic E-state index is 9.73. The molecular weight excluding hydrogens is 296 g/mol. The van der Waals surface area contributed by atoms with Crippen LogP contribution in [0.2, 0.25) is 0 Å². The van der Waals surface area contributed by atoms with Crippen LogP contribution in [0.15, 0.2) is 24.3 Å². The minimum absolute atomic E-state index is 0.456. The number of hydrogen-bond acceptors (Lipinski definition) is 4. The standard InChI is InChI=1S/C20H18N4/c21-12-17-16-9-8-14-6-2-3-7-15(14)19(16)23-20(18(17)13-22)24-10-4-1-5-11-24/h2-3,6-7H,1,4-5,8-11H2. The van der Waals surface area contributed by atoms with Crippen LogP contribution in [0.25, 0.3) is 11.3 Å². The number of anilines is 1. The minimum atomic E-state index is 0.456. The van der Waals surface area contributed by atoms with Crippen LogP contribution in [-0.2, 0) is 12.8 Å². The molecule has 1 fully saturated rings. The second-order valence-electron chi connectivity index (χ2n) is 6.44. The third-order valence-corrected chi connectivity index (χ3v) is 5.07. The molecule has 1 aromatic carbocycles. The molecule has 4 heteroatoms. The molecule has 1 saturated heterocycles. The number of aromatic nitrogens is 1. The molecule has 0 spiro atoms. The van der Waals surface area contributed by atoms with Crippen molar-refractivity contribution in [3.05, 3.63) is 46.5 Å². The Morgan fingerprint density at radius 3 is 2.42 bits per heavy atom. The summed E-state index contributed by atoms with van der Waals surface area (Å²) in [5.74, 6) is 0.698. The van der Waals surface area contributed by atoms with E-state index in [4.69, 9.17) is 4.98 Å². The summed E-state index contributed by atoms with van der Waals surface area (Å²) in [5.41, 5.74) is 5.20. The van der Waals surface area contributed by atoms with Crippen molar-refractivity contribution in [3.63, 3.8) is 0 Å². The van der Waals surface area contributed by atoms with Crippen LogP contribution in [0.1, 0.15) is 41.5 Å². The smallest absolute Gasteiger partial charge is 0.148 e. The molecule has 118 valence electrons. The summed E-state index contributed by atoms with van der Waals surface area (Å²) in [6.07, 6.45) is 5.12. The van der Waals surface area contributed by atoms with E-state index in [0.717, 1.165) is 55.6 Å². The topological polar surface area (TPSA) is 63.7 Å². The molecule has 2 heterocycles. The largest absolute Gasteiger partial charge is 0.355 e. The molecule has 2 aromatic rings. The lowest BCUT2D eigenvalue weighted by Gasteiger charge is -2.30. The monoisotopic (exact) mass is 314 g/mol. The number of rotatable bonds is 1. The van der Waals surface area contributed by atoms with Crippen LogP contribution < -0.4 is 4.90 Å². The van der Waals surface area contributed by atoms with Gasteiger partial charge in [-0.15, -0.1) is 0 Å². The Labute approximate surface area is 142 Å². The lowest BCUT2D eigenvalue weighted by molar-refractivity contribution is 0.573. The summed E-state index contributed by atoms with van der Waals surface area (Å²) in [7, 11) is 0. The van der Waals surface area contributed by atoms with Crippen LogP contribution in [0.4, 0.5) is 5.82 Å². The van der Waals surface area contributed by atoms with Crippen molar-refractivity contribution in [1.29, 1.82) is 10.5 Å². The highest BCUT2D eigenvalue weighted by Crippen LogP contribution is 2.38. The predicted octanol–water partition coefficient (Wildman–Crippen LogP) is 3.58. The summed E-state index contributed by atoms with van der Waals surface area (Å²) < 4.78 is 0. The van der Waals surface area contributed by atoms with Gasteiger partial charge in [0.15, 0.2) is 0 Å². The Morgan fingerprint density at radius 1 is 0.917 bits per heavy atom. The molecule has 0 saturated carbocycles. The van der Waals surface area contributed by atoms with E-state index in [1.54, 1.807) is 0 Å². The average Bonchev–Trinajstić information content (AvgIpc) is 2.66. The molecule has 4 rings (SSSR count). The van der Waals surface area contributed by atoms with Gasteiger partial charge in [0.05, 0.1) is 11.3 Å². The quantitative estimate of drug-likeness (QED) is 0.807. The van der Waals surface area contributed by atoms with Gasteiger partial charge in [-0.05, 0) is 43.2 Å². The molecule has 1 aliphatic carbocycles. The van der Waals surface area contributed by atoms with Gasteiger partial charge in [0.2, 0.25) is 0 Å². The van der Waals surface area contributed by atoms with E-state index in [1.165, 1.54) is 12.0 Å². The Hall–Kier alpha value is -2.85. The minimum Gasteiger partial charge on any atom is -0.355 e. The van der Waals surface area contributed by atoms with E-state index in [9.17, 15) is 10.5 Å². The molecule has 1 aliphatic heterocycles. The first-order valence-corrected chi connectivity index (χ1v) is 8.53. The number of nitrogens with zero attached hydrogens (tertiary/aromatic N) is 4. The van der Waals surface area contributed by atoms with Crippen molar-refractivity contribution in [2.24, 2.45) is 0 Å². The van der Waals surface area contributed by atoms with Crippen molar-refractivity contribution in [2.75, 3.05) is 18.0 Å². The highest BCUT2D eigenvalue weighted by Gasteiger charge is 2.27. The van der Waals surface area contributed by atoms with Gasteiger partial charge in [0.25, 0.3) is 0 Å².